The Kier molecular flexibility index (Phi) is 5.28. The van der Waals surface area contributed by atoms with E-state index in [0.717, 1.165) is 17.0 Å². The van der Waals surface area contributed by atoms with E-state index in [1.54, 1.807) is 28.8 Å². The molecule has 0 saturated carbocycles. The Morgan fingerprint density at radius 1 is 1.21 bits per heavy atom. The van der Waals surface area contributed by atoms with E-state index in [0.29, 0.717) is 27.0 Å². The number of sulfonamides is 1. The smallest absolute Gasteiger partial charge is 0.210 e. The number of nitrogens with one attached hydrogen (secondary N) is 1. The average Bonchev–Trinajstić information content (AvgIpc) is 3.38. The van der Waals surface area contributed by atoms with Gasteiger partial charge in [-0.15, -0.1) is 27.8 Å². The molecule has 0 radical (unpaired) electrons. The topological polar surface area (TPSA) is 76.4 Å². The molecule has 0 saturated heterocycles. The second kappa shape index (κ2) is 7.70. The molecule has 0 unspecified atom stereocenters. The molecule has 28 heavy (non-hydrogen) atoms. The van der Waals surface area contributed by atoms with Crippen LogP contribution in [-0.4, -0.2) is 29.6 Å². The van der Waals surface area contributed by atoms with Crippen LogP contribution in [0, 0.1) is 5.82 Å². The van der Waals surface area contributed by atoms with Gasteiger partial charge in [0.1, 0.15) is 10.0 Å². The summed E-state index contributed by atoms with van der Waals surface area (Å²) in [5.74, 6) is -0.0603. The molecule has 0 aliphatic carbocycles. The molecule has 146 valence electrons. The van der Waals surface area contributed by atoms with Gasteiger partial charge in [0, 0.05) is 23.2 Å². The van der Waals surface area contributed by atoms with E-state index in [4.69, 9.17) is 0 Å². The summed E-state index contributed by atoms with van der Waals surface area (Å²) >= 11 is 2.67. The van der Waals surface area contributed by atoms with Crippen LogP contribution < -0.4 is 4.72 Å². The number of hydrogen-bond acceptors (Lipinski definition) is 6. The first kappa shape index (κ1) is 19.2. The number of rotatable bonds is 7. The fourth-order valence-electron chi connectivity index (χ4n) is 2.73. The van der Waals surface area contributed by atoms with E-state index < -0.39 is 10.0 Å². The van der Waals surface area contributed by atoms with Gasteiger partial charge in [0.15, 0.2) is 5.82 Å². The Morgan fingerprint density at radius 2 is 2.04 bits per heavy atom. The lowest BCUT2D eigenvalue weighted by Crippen LogP contribution is -2.25. The minimum absolute atomic E-state index is 0.239. The highest BCUT2D eigenvalue weighted by Gasteiger charge is 2.17. The van der Waals surface area contributed by atoms with Gasteiger partial charge in [-0.2, -0.15) is 4.98 Å². The highest BCUT2D eigenvalue weighted by Crippen LogP contribution is 2.24. The zero-order chi connectivity index (χ0) is 19.7. The summed E-state index contributed by atoms with van der Waals surface area (Å²) in [4.78, 5) is 6.05. The van der Waals surface area contributed by atoms with Crippen molar-refractivity contribution < 1.29 is 12.8 Å². The number of nitrogens with zero attached hydrogens (tertiary/aromatic N) is 3. The SMILES string of the molecule is CCc1ccc(S(=O)(=O)NCCc2csc3nc(-c4ccccc4F)nn23)s1. The summed E-state index contributed by atoms with van der Waals surface area (Å²) < 4.78 is 43.4. The standard InChI is InChI=1S/C18H17FN4O2S3/c1-2-13-7-8-16(27-13)28(24,25)20-10-9-12-11-26-18-21-17(22-23(12)18)14-5-3-4-6-15(14)19/h3-8,11,20H,2,9-10H2,1H3. The van der Waals surface area contributed by atoms with Gasteiger partial charge in [-0.05, 0) is 30.7 Å². The first-order chi connectivity index (χ1) is 13.5. The Balaban J connectivity index is 1.49. The quantitative estimate of drug-likeness (QED) is 0.479. The Labute approximate surface area is 169 Å². The second-order valence-electron chi connectivity index (χ2n) is 6.06. The van der Waals surface area contributed by atoms with Crippen molar-refractivity contribution >= 4 is 37.7 Å². The van der Waals surface area contributed by atoms with E-state index in [-0.39, 0.29) is 12.4 Å². The van der Waals surface area contributed by atoms with Crippen LogP contribution in [0.15, 0.2) is 46.0 Å². The molecule has 3 heterocycles. The summed E-state index contributed by atoms with van der Waals surface area (Å²) in [5.41, 5.74) is 1.16. The summed E-state index contributed by atoms with van der Waals surface area (Å²) in [6, 6.07) is 9.82. The minimum atomic E-state index is -3.52. The van der Waals surface area contributed by atoms with Gasteiger partial charge >= 0.3 is 0 Å². The van der Waals surface area contributed by atoms with Crippen LogP contribution in [0.25, 0.3) is 16.3 Å². The zero-order valence-electron chi connectivity index (χ0n) is 14.9. The first-order valence-electron chi connectivity index (χ1n) is 8.64. The third-order valence-corrected chi connectivity index (χ3v) is 8.24. The summed E-state index contributed by atoms with van der Waals surface area (Å²) in [7, 11) is -3.52. The number of thiophene rings is 1. The van der Waals surface area contributed by atoms with Gasteiger partial charge < -0.3 is 0 Å². The molecule has 0 atom stereocenters. The summed E-state index contributed by atoms with van der Waals surface area (Å²) in [6.07, 6.45) is 1.26. The highest BCUT2D eigenvalue weighted by molar-refractivity contribution is 7.91. The van der Waals surface area contributed by atoms with Gasteiger partial charge in [0.2, 0.25) is 15.0 Å². The molecule has 0 bridgehead atoms. The van der Waals surface area contributed by atoms with Crippen LogP contribution in [-0.2, 0) is 22.9 Å². The van der Waals surface area contributed by atoms with E-state index in [2.05, 4.69) is 14.8 Å². The number of aromatic nitrogens is 3. The van der Waals surface area contributed by atoms with Gasteiger partial charge in [0.05, 0.1) is 11.3 Å². The maximum atomic E-state index is 14.0. The molecule has 0 aliphatic heterocycles. The molecular weight excluding hydrogens is 419 g/mol. The van der Waals surface area contributed by atoms with Crippen LogP contribution in [0.2, 0.25) is 0 Å². The molecule has 6 nitrogen and oxygen atoms in total. The van der Waals surface area contributed by atoms with Crippen molar-refractivity contribution in [2.45, 2.75) is 24.0 Å². The van der Waals surface area contributed by atoms with Crippen molar-refractivity contribution in [2.75, 3.05) is 6.54 Å². The number of aryl methyl sites for hydroxylation is 1. The molecule has 4 rings (SSSR count). The third kappa shape index (κ3) is 3.72. The van der Waals surface area contributed by atoms with E-state index in [1.807, 2.05) is 18.4 Å². The lowest BCUT2D eigenvalue weighted by molar-refractivity contribution is 0.583. The normalized spacial score (nSPS) is 12.1. The first-order valence-corrected chi connectivity index (χ1v) is 11.8. The lowest BCUT2D eigenvalue weighted by atomic mass is 10.2. The number of thiazole rings is 1. The van der Waals surface area contributed by atoms with Gasteiger partial charge in [-0.1, -0.05) is 19.1 Å². The van der Waals surface area contributed by atoms with E-state index in [1.165, 1.54) is 28.7 Å². The van der Waals surface area contributed by atoms with E-state index in [9.17, 15) is 12.8 Å². The van der Waals surface area contributed by atoms with Crippen LogP contribution in [0.4, 0.5) is 4.39 Å². The van der Waals surface area contributed by atoms with Gasteiger partial charge in [-0.3, -0.25) is 0 Å². The van der Waals surface area contributed by atoms with Gasteiger partial charge in [0.25, 0.3) is 0 Å². The zero-order valence-corrected chi connectivity index (χ0v) is 17.4. The summed E-state index contributed by atoms with van der Waals surface area (Å²) in [5, 5.41) is 6.28. The number of halogens is 1. The van der Waals surface area contributed by atoms with Crippen LogP contribution in [0.3, 0.4) is 0 Å². The Bertz CT molecular complexity index is 1230. The molecule has 3 aromatic heterocycles. The van der Waals surface area contributed by atoms with E-state index >= 15 is 0 Å². The van der Waals surface area contributed by atoms with Gasteiger partial charge in [-0.25, -0.2) is 22.0 Å². The maximum Gasteiger partial charge on any atom is 0.250 e. The fourth-order valence-corrected chi connectivity index (χ4v) is 5.96. The molecule has 0 spiro atoms. The Morgan fingerprint density at radius 3 is 2.79 bits per heavy atom. The van der Waals surface area contributed by atoms with Crippen LogP contribution >= 0.6 is 22.7 Å². The monoisotopic (exact) mass is 436 g/mol. The van der Waals surface area contributed by atoms with Crippen LogP contribution in [0.1, 0.15) is 17.5 Å². The van der Waals surface area contributed by atoms with Crippen molar-refractivity contribution in [1.29, 1.82) is 0 Å². The average molecular weight is 437 g/mol. The molecule has 1 N–H and O–H groups in total. The maximum absolute atomic E-state index is 14.0. The fraction of sp³-hybridized carbons (Fsp3) is 0.222. The predicted molar refractivity (Wildman–Crippen MR) is 109 cm³/mol. The molecule has 10 heteroatoms. The van der Waals surface area contributed by atoms with Crippen molar-refractivity contribution in [3.63, 3.8) is 0 Å². The number of hydrogen-bond donors (Lipinski definition) is 1. The second-order valence-corrected chi connectivity index (χ2v) is 10.1. The molecule has 1 aromatic carbocycles. The molecule has 0 aliphatic rings. The molecule has 4 aromatic rings. The molecule has 0 amide bonds. The predicted octanol–water partition coefficient (Wildman–Crippen LogP) is 3.74. The number of fused-ring (bicyclic) bond motifs is 1. The van der Waals surface area contributed by atoms with Crippen LogP contribution in [0.5, 0.6) is 0 Å². The number of benzene rings is 1. The van der Waals surface area contributed by atoms with Crippen molar-refractivity contribution in [3.8, 4) is 11.4 Å². The molecular formula is C18H17FN4O2S3. The largest absolute Gasteiger partial charge is 0.250 e. The minimum Gasteiger partial charge on any atom is -0.210 e. The van der Waals surface area contributed by atoms with Crippen molar-refractivity contribution in [1.82, 2.24) is 19.3 Å². The molecule has 0 fully saturated rings. The Hall–Kier alpha value is -2.14. The summed E-state index contributed by atoms with van der Waals surface area (Å²) in [6.45, 7) is 2.23. The third-order valence-electron chi connectivity index (χ3n) is 4.19. The lowest BCUT2D eigenvalue weighted by Gasteiger charge is -2.04. The van der Waals surface area contributed by atoms with Crippen molar-refractivity contribution in [3.05, 3.63) is 58.2 Å². The highest BCUT2D eigenvalue weighted by atomic mass is 32.2. The van der Waals surface area contributed by atoms with Crippen molar-refractivity contribution in [2.24, 2.45) is 0 Å².